The molecule has 0 unspecified atom stereocenters. The average molecular weight is 343 g/mol. The normalized spacial score (nSPS) is 16.8. The van der Waals surface area contributed by atoms with E-state index in [4.69, 9.17) is 11.6 Å². The molecule has 126 valence electrons. The minimum Gasteiger partial charge on any atom is -0.341 e. The Morgan fingerprint density at radius 3 is 2.25 bits per heavy atom. The molecule has 4 heteroatoms. The summed E-state index contributed by atoms with van der Waals surface area (Å²) in [4.78, 5) is 15.0. The fourth-order valence-corrected chi connectivity index (χ4v) is 3.30. The van der Waals surface area contributed by atoms with Gasteiger partial charge in [0.05, 0.1) is 0 Å². The first-order valence-corrected chi connectivity index (χ1v) is 8.88. The Bertz CT molecular complexity index is 666. The van der Waals surface area contributed by atoms with Gasteiger partial charge in [-0.3, -0.25) is 10.1 Å². The molecule has 0 aromatic heterocycles. The zero-order chi connectivity index (χ0) is 16.9. The number of likely N-dealkylation sites (tertiary alicyclic amines) is 1. The molecular weight excluding hydrogens is 320 g/mol. The predicted molar refractivity (Wildman–Crippen MR) is 98.0 cm³/mol. The maximum absolute atomic E-state index is 13.0. The number of nitrogens with zero attached hydrogens (tertiary/aromatic N) is 1. The molecule has 2 aromatic rings. The fraction of sp³-hybridized carbons (Fsp3) is 0.350. The van der Waals surface area contributed by atoms with Crippen LogP contribution in [0.5, 0.6) is 0 Å². The Kier molecular flexibility index (Phi) is 5.54. The van der Waals surface area contributed by atoms with E-state index in [-0.39, 0.29) is 18.0 Å². The number of benzene rings is 2. The standard InChI is InChI=1S/C20H23ClN2O/c1-15(16-9-11-18(21)12-10-16)22-19(17-7-3-2-4-8-17)20(24)23-13-5-6-14-23/h2-4,7-12,15,19,22H,5-6,13-14H2,1H3/t15-,19+/m0/s1. The highest BCUT2D eigenvalue weighted by atomic mass is 35.5. The van der Waals surface area contributed by atoms with Crippen molar-refractivity contribution in [1.82, 2.24) is 10.2 Å². The van der Waals surface area contributed by atoms with Gasteiger partial charge >= 0.3 is 0 Å². The number of carbonyl (C=O) groups is 1. The number of hydrogen-bond acceptors (Lipinski definition) is 2. The first-order chi connectivity index (χ1) is 11.6. The number of halogens is 1. The van der Waals surface area contributed by atoms with Crippen LogP contribution in [0.25, 0.3) is 0 Å². The van der Waals surface area contributed by atoms with E-state index in [0.717, 1.165) is 42.1 Å². The van der Waals surface area contributed by atoms with Gasteiger partial charge in [0.2, 0.25) is 5.91 Å². The van der Waals surface area contributed by atoms with Gasteiger partial charge < -0.3 is 4.90 Å². The van der Waals surface area contributed by atoms with Crippen molar-refractivity contribution < 1.29 is 4.79 Å². The fourth-order valence-electron chi connectivity index (χ4n) is 3.17. The van der Waals surface area contributed by atoms with Crippen LogP contribution in [0.4, 0.5) is 0 Å². The van der Waals surface area contributed by atoms with Crippen molar-refractivity contribution in [2.45, 2.75) is 31.8 Å². The molecular formula is C20H23ClN2O. The third-order valence-corrected chi connectivity index (χ3v) is 4.84. The molecule has 2 aromatic carbocycles. The smallest absolute Gasteiger partial charge is 0.244 e. The Morgan fingerprint density at radius 1 is 1.00 bits per heavy atom. The van der Waals surface area contributed by atoms with E-state index in [1.807, 2.05) is 59.5 Å². The lowest BCUT2D eigenvalue weighted by atomic mass is 10.0. The lowest BCUT2D eigenvalue weighted by molar-refractivity contribution is -0.132. The molecule has 1 aliphatic rings. The molecule has 3 nitrogen and oxygen atoms in total. The highest BCUT2D eigenvalue weighted by molar-refractivity contribution is 6.30. The summed E-state index contributed by atoms with van der Waals surface area (Å²) in [6, 6.07) is 17.5. The predicted octanol–water partition coefficient (Wildman–Crippen LogP) is 4.35. The molecule has 0 bridgehead atoms. The Balaban J connectivity index is 1.81. The van der Waals surface area contributed by atoms with E-state index < -0.39 is 0 Å². The van der Waals surface area contributed by atoms with E-state index >= 15 is 0 Å². The van der Waals surface area contributed by atoms with Crippen LogP contribution in [-0.2, 0) is 4.79 Å². The Hall–Kier alpha value is -1.84. The zero-order valence-corrected chi connectivity index (χ0v) is 14.7. The summed E-state index contributed by atoms with van der Waals surface area (Å²) in [6.07, 6.45) is 2.19. The molecule has 0 spiro atoms. The van der Waals surface area contributed by atoms with Crippen LogP contribution in [0, 0.1) is 0 Å². The van der Waals surface area contributed by atoms with Gasteiger partial charge in [0, 0.05) is 24.2 Å². The van der Waals surface area contributed by atoms with Crippen LogP contribution in [0.2, 0.25) is 5.02 Å². The lowest BCUT2D eigenvalue weighted by Gasteiger charge is -2.27. The topological polar surface area (TPSA) is 32.3 Å². The van der Waals surface area contributed by atoms with E-state index in [0.29, 0.717) is 0 Å². The van der Waals surface area contributed by atoms with Gasteiger partial charge in [-0.15, -0.1) is 0 Å². The van der Waals surface area contributed by atoms with Crippen molar-refractivity contribution in [1.29, 1.82) is 0 Å². The molecule has 1 aliphatic heterocycles. The molecule has 0 saturated carbocycles. The van der Waals surface area contributed by atoms with Crippen LogP contribution >= 0.6 is 11.6 Å². The first kappa shape index (κ1) is 17.0. The largest absolute Gasteiger partial charge is 0.341 e. The summed E-state index contributed by atoms with van der Waals surface area (Å²) >= 11 is 5.97. The number of amides is 1. The second kappa shape index (κ2) is 7.82. The van der Waals surface area contributed by atoms with E-state index in [2.05, 4.69) is 12.2 Å². The molecule has 1 N–H and O–H groups in total. The lowest BCUT2D eigenvalue weighted by Crippen LogP contribution is -2.40. The Morgan fingerprint density at radius 2 is 1.62 bits per heavy atom. The third kappa shape index (κ3) is 3.97. The van der Waals surface area contributed by atoms with Gasteiger partial charge in [-0.05, 0) is 43.0 Å². The zero-order valence-electron chi connectivity index (χ0n) is 13.9. The maximum Gasteiger partial charge on any atom is 0.244 e. The molecule has 1 saturated heterocycles. The van der Waals surface area contributed by atoms with Crippen LogP contribution in [0.15, 0.2) is 54.6 Å². The van der Waals surface area contributed by atoms with Crippen LogP contribution in [-0.4, -0.2) is 23.9 Å². The van der Waals surface area contributed by atoms with Crippen LogP contribution in [0.1, 0.15) is 43.0 Å². The highest BCUT2D eigenvalue weighted by Crippen LogP contribution is 2.24. The molecule has 0 radical (unpaired) electrons. The molecule has 24 heavy (non-hydrogen) atoms. The summed E-state index contributed by atoms with van der Waals surface area (Å²) in [5.74, 6) is 0.166. The first-order valence-electron chi connectivity index (χ1n) is 8.50. The summed E-state index contributed by atoms with van der Waals surface area (Å²) in [7, 11) is 0. The number of hydrogen-bond donors (Lipinski definition) is 1. The second-order valence-corrected chi connectivity index (χ2v) is 6.75. The maximum atomic E-state index is 13.0. The van der Waals surface area contributed by atoms with E-state index in [9.17, 15) is 4.79 Å². The summed E-state index contributed by atoms with van der Waals surface area (Å²) in [5.41, 5.74) is 2.13. The van der Waals surface area contributed by atoms with Gasteiger partial charge in [-0.2, -0.15) is 0 Å². The number of rotatable bonds is 5. The van der Waals surface area contributed by atoms with Gasteiger partial charge in [-0.25, -0.2) is 0 Å². The molecule has 2 atom stereocenters. The van der Waals surface area contributed by atoms with Gasteiger partial charge in [0.15, 0.2) is 0 Å². The quantitative estimate of drug-likeness (QED) is 0.875. The molecule has 0 aliphatic carbocycles. The van der Waals surface area contributed by atoms with Crippen molar-refractivity contribution in [2.75, 3.05) is 13.1 Å². The van der Waals surface area contributed by atoms with Crippen molar-refractivity contribution >= 4 is 17.5 Å². The molecule has 3 rings (SSSR count). The average Bonchev–Trinajstić information content (AvgIpc) is 3.15. The molecule has 1 fully saturated rings. The van der Waals surface area contributed by atoms with Gasteiger partial charge in [0.1, 0.15) is 6.04 Å². The summed E-state index contributed by atoms with van der Waals surface area (Å²) < 4.78 is 0. The third-order valence-electron chi connectivity index (χ3n) is 4.58. The summed E-state index contributed by atoms with van der Waals surface area (Å²) in [6.45, 7) is 3.80. The van der Waals surface area contributed by atoms with Gasteiger partial charge in [-0.1, -0.05) is 54.1 Å². The van der Waals surface area contributed by atoms with Crippen molar-refractivity contribution in [3.63, 3.8) is 0 Å². The van der Waals surface area contributed by atoms with Crippen molar-refractivity contribution in [3.05, 3.63) is 70.7 Å². The molecule has 1 heterocycles. The van der Waals surface area contributed by atoms with E-state index in [1.165, 1.54) is 0 Å². The SMILES string of the molecule is C[C@H](N[C@@H](C(=O)N1CCCC1)c1ccccc1)c1ccc(Cl)cc1. The van der Waals surface area contributed by atoms with Gasteiger partial charge in [0.25, 0.3) is 0 Å². The van der Waals surface area contributed by atoms with Crippen LogP contribution in [0.3, 0.4) is 0 Å². The van der Waals surface area contributed by atoms with Crippen LogP contribution < -0.4 is 5.32 Å². The Labute approximate surface area is 148 Å². The minimum atomic E-state index is -0.324. The van der Waals surface area contributed by atoms with Crippen molar-refractivity contribution in [3.8, 4) is 0 Å². The molecule has 1 amide bonds. The highest BCUT2D eigenvalue weighted by Gasteiger charge is 2.28. The van der Waals surface area contributed by atoms with E-state index in [1.54, 1.807) is 0 Å². The second-order valence-electron chi connectivity index (χ2n) is 6.32. The number of carbonyl (C=O) groups excluding carboxylic acids is 1. The minimum absolute atomic E-state index is 0.0547. The monoisotopic (exact) mass is 342 g/mol. The van der Waals surface area contributed by atoms with Crippen molar-refractivity contribution in [2.24, 2.45) is 0 Å². The summed E-state index contributed by atoms with van der Waals surface area (Å²) in [5, 5.41) is 4.23. The number of nitrogens with one attached hydrogen (secondary N) is 1.